The predicted molar refractivity (Wildman–Crippen MR) is 100 cm³/mol. The molecule has 0 unspecified atom stereocenters. The lowest BCUT2D eigenvalue weighted by atomic mass is 10.0. The van der Waals surface area contributed by atoms with Crippen molar-refractivity contribution in [3.8, 4) is 6.07 Å². The number of nitrogens with zero attached hydrogens (tertiary/aromatic N) is 3. The summed E-state index contributed by atoms with van der Waals surface area (Å²) in [6.07, 6.45) is 1.68. The van der Waals surface area contributed by atoms with Gasteiger partial charge in [-0.3, -0.25) is 0 Å². The molecule has 5 heteroatoms. The Kier molecular flexibility index (Phi) is 4.91. The van der Waals surface area contributed by atoms with Crippen LogP contribution in [0.15, 0.2) is 60.8 Å². The summed E-state index contributed by atoms with van der Waals surface area (Å²) >= 11 is 0. The number of rotatable bonds is 5. The Labute approximate surface area is 147 Å². The Balaban J connectivity index is 1.76. The van der Waals surface area contributed by atoms with Crippen molar-refractivity contribution < 1.29 is 0 Å². The molecule has 124 valence electrons. The van der Waals surface area contributed by atoms with Crippen molar-refractivity contribution in [1.29, 1.82) is 5.26 Å². The zero-order chi connectivity index (χ0) is 17.6. The van der Waals surface area contributed by atoms with Gasteiger partial charge >= 0.3 is 0 Å². The van der Waals surface area contributed by atoms with E-state index < -0.39 is 0 Å². The average molecular weight is 329 g/mol. The summed E-state index contributed by atoms with van der Waals surface area (Å²) in [4.78, 5) is 8.70. The van der Waals surface area contributed by atoms with E-state index in [1.165, 1.54) is 5.56 Å². The Morgan fingerprint density at radius 2 is 1.72 bits per heavy atom. The number of benzene rings is 2. The summed E-state index contributed by atoms with van der Waals surface area (Å²) in [5.41, 5.74) is 3.50. The fourth-order valence-corrected chi connectivity index (χ4v) is 2.40. The summed E-state index contributed by atoms with van der Waals surface area (Å²) < 4.78 is 0. The van der Waals surface area contributed by atoms with E-state index in [4.69, 9.17) is 0 Å². The van der Waals surface area contributed by atoms with Crippen LogP contribution in [0.5, 0.6) is 0 Å². The van der Waals surface area contributed by atoms with Gasteiger partial charge in [-0.1, -0.05) is 38.1 Å². The molecule has 2 aromatic carbocycles. The number of aromatic nitrogens is 2. The first kappa shape index (κ1) is 16.5. The highest BCUT2D eigenvalue weighted by molar-refractivity contribution is 5.65. The molecule has 3 aromatic rings. The lowest BCUT2D eigenvalue weighted by molar-refractivity contribution is 0.867. The van der Waals surface area contributed by atoms with Crippen LogP contribution in [0.4, 0.5) is 23.1 Å². The molecule has 0 aliphatic carbocycles. The fraction of sp³-hybridized carbons (Fsp3) is 0.150. The molecule has 25 heavy (non-hydrogen) atoms. The number of nitrogens with one attached hydrogen (secondary N) is 2. The van der Waals surface area contributed by atoms with E-state index in [9.17, 15) is 5.26 Å². The molecule has 3 rings (SSSR count). The molecule has 0 fully saturated rings. The van der Waals surface area contributed by atoms with Crippen LogP contribution in [-0.2, 0) is 0 Å². The van der Waals surface area contributed by atoms with Crippen molar-refractivity contribution in [3.05, 3.63) is 71.9 Å². The number of hydrogen-bond donors (Lipinski definition) is 2. The molecule has 0 saturated carbocycles. The van der Waals surface area contributed by atoms with Gasteiger partial charge in [0, 0.05) is 11.9 Å². The molecule has 0 aliphatic heterocycles. The van der Waals surface area contributed by atoms with E-state index in [-0.39, 0.29) is 0 Å². The zero-order valence-corrected chi connectivity index (χ0v) is 14.2. The van der Waals surface area contributed by atoms with E-state index >= 15 is 0 Å². The highest BCUT2D eigenvalue weighted by atomic mass is 15.1. The second-order valence-corrected chi connectivity index (χ2v) is 5.95. The lowest BCUT2D eigenvalue weighted by Gasteiger charge is -2.10. The summed E-state index contributed by atoms with van der Waals surface area (Å²) in [6.45, 7) is 4.33. The Morgan fingerprint density at radius 1 is 0.960 bits per heavy atom. The normalized spacial score (nSPS) is 10.3. The molecule has 0 atom stereocenters. The zero-order valence-electron chi connectivity index (χ0n) is 14.2. The maximum Gasteiger partial charge on any atom is 0.229 e. The minimum Gasteiger partial charge on any atom is -0.339 e. The maximum absolute atomic E-state index is 9.17. The number of para-hydroxylation sites is 1. The first-order chi connectivity index (χ1) is 12.2. The van der Waals surface area contributed by atoms with E-state index in [0.717, 1.165) is 11.4 Å². The Hall–Kier alpha value is -3.39. The van der Waals surface area contributed by atoms with Crippen molar-refractivity contribution in [2.24, 2.45) is 0 Å². The number of hydrogen-bond acceptors (Lipinski definition) is 5. The second-order valence-electron chi connectivity index (χ2n) is 5.95. The molecule has 2 N–H and O–H groups in total. The van der Waals surface area contributed by atoms with Gasteiger partial charge in [0.15, 0.2) is 0 Å². The van der Waals surface area contributed by atoms with Crippen LogP contribution < -0.4 is 10.6 Å². The minimum absolute atomic E-state index is 0.497. The van der Waals surface area contributed by atoms with Crippen LogP contribution in [0.25, 0.3) is 0 Å². The lowest BCUT2D eigenvalue weighted by Crippen LogP contribution is -2.01. The van der Waals surface area contributed by atoms with Gasteiger partial charge in [0.05, 0.1) is 11.3 Å². The van der Waals surface area contributed by atoms with E-state index in [1.54, 1.807) is 18.3 Å². The molecular formula is C20H19N5. The predicted octanol–water partition coefficient (Wildman–Crippen LogP) is 4.96. The van der Waals surface area contributed by atoms with Gasteiger partial charge < -0.3 is 10.6 Å². The van der Waals surface area contributed by atoms with Crippen molar-refractivity contribution in [2.45, 2.75) is 19.8 Å². The topological polar surface area (TPSA) is 73.6 Å². The molecule has 1 aromatic heterocycles. The SMILES string of the molecule is CC(C)c1ccc(Nc2nccc(Nc3ccccc3C#N)n2)cc1. The minimum atomic E-state index is 0.497. The standard InChI is InChI=1S/C20H19N5/c1-14(2)15-7-9-17(10-8-15)23-20-22-12-11-19(25-20)24-18-6-4-3-5-16(18)13-21/h3-12,14H,1-2H3,(H2,22,23,24,25). The number of anilines is 4. The number of nitriles is 1. The smallest absolute Gasteiger partial charge is 0.229 e. The van der Waals surface area contributed by atoms with Gasteiger partial charge in [-0.05, 0) is 41.8 Å². The highest BCUT2D eigenvalue weighted by Gasteiger charge is 2.05. The first-order valence-corrected chi connectivity index (χ1v) is 8.12. The Bertz CT molecular complexity index is 894. The van der Waals surface area contributed by atoms with Gasteiger partial charge in [0.2, 0.25) is 5.95 Å². The average Bonchev–Trinajstić information content (AvgIpc) is 2.63. The summed E-state index contributed by atoms with van der Waals surface area (Å²) in [7, 11) is 0. The molecule has 0 spiro atoms. The quantitative estimate of drug-likeness (QED) is 0.692. The summed E-state index contributed by atoms with van der Waals surface area (Å²) in [6, 6.07) is 19.5. The second kappa shape index (κ2) is 7.45. The highest BCUT2D eigenvalue weighted by Crippen LogP contribution is 2.21. The van der Waals surface area contributed by atoms with Crippen LogP contribution in [-0.4, -0.2) is 9.97 Å². The van der Waals surface area contributed by atoms with Crippen LogP contribution in [0, 0.1) is 11.3 Å². The molecule has 0 saturated heterocycles. The monoisotopic (exact) mass is 329 g/mol. The third kappa shape index (κ3) is 4.12. The van der Waals surface area contributed by atoms with Crippen molar-refractivity contribution in [1.82, 2.24) is 9.97 Å². The maximum atomic E-state index is 9.17. The molecular weight excluding hydrogens is 310 g/mol. The van der Waals surface area contributed by atoms with Gasteiger partial charge in [0.25, 0.3) is 0 Å². The van der Waals surface area contributed by atoms with Crippen LogP contribution >= 0.6 is 0 Å². The van der Waals surface area contributed by atoms with Crippen molar-refractivity contribution in [2.75, 3.05) is 10.6 Å². The Morgan fingerprint density at radius 3 is 2.44 bits per heavy atom. The van der Waals surface area contributed by atoms with Gasteiger partial charge in [-0.25, -0.2) is 4.98 Å². The first-order valence-electron chi connectivity index (χ1n) is 8.12. The van der Waals surface area contributed by atoms with Crippen molar-refractivity contribution in [3.63, 3.8) is 0 Å². The molecule has 0 bridgehead atoms. The van der Waals surface area contributed by atoms with Gasteiger partial charge in [-0.2, -0.15) is 10.2 Å². The summed E-state index contributed by atoms with van der Waals surface area (Å²) in [5.74, 6) is 1.62. The molecule has 0 amide bonds. The van der Waals surface area contributed by atoms with E-state index in [0.29, 0.717) is 23.2 Å². The van der Waals surface area contributed by atoms with Crippen LogP contribution in [0.2, 0.25) is 0 Å². The molecule has 0 radical (unpaired) electrons. The van der Waals surface area contributed by atoms with Crippen LogP contribution in [0.3, 0.4) is 0 Å². The summed E-state index contributed by atoms with van der Waals surface area (Å²) in [5, 5.41) is 15.5. The molecule has 5 nitrogen and oxygen atoms in total. The largest absolute Gasteiger partial charge is 0.339 e. The third-order valence-corrected chi connectivity index (χ3v) is 3.80. The van der Waals surface area contributed by atoms with Crippen LogP contribution in [0.1, 0.15) is 30.9 Å². The van der Waals surface area contributed by atoms with E-state index in [1.807, 2.05) is 30.3 Å². The van der Waals surface area contributed by atoms with E-state index in [2.05, 4.69) is 52.7 Å². The fourth-order valence-electron chi connectivity index (χ4n) is 2.40. The molecule has 0 aliphatic rings. The van der Waals surface area contributed by atoms with Gasteiger partial charge in [-0.15, -0.1) is 0 Å². The van der Waals surface area contributed by atoms with Crippen molar-refractivity contribution >= 4 is 23.1 Å². The third-order valence-electron chi connectivity index (χ3n) is 3.80. The molecule has 1 heterocycles. The van der Waals surface area contributed by atoms with Gasteiger partial charge in [0.1, 0.15) is 11.9 Å².